The average Bonchev–Trinajstić information content (AvgIpc) is 2.81. The fourth-order valence-electron chi connectivity index (χ4n) is 4.35. The molecule has 0 atom stereocenters. The summed E-state index contributed by atoms with van der Waals surface area (Å²) < 4.78 is 52.5. The van der Waals surface area contributed by atoms with Crippen LogP contribution < -0.4 is 5.43 Å². The maximum atomic E-state index is 14.0. The smallest absolute Gasteiger partial charge is 0.450 e. The Morgan fingerprint density at radius 1 is 1.17 bits per heavy atom. The fraction of sp³-hybridized carbons (Fsp3) is 0.360. The Labute approximate surface area is 203 Å². The van der Waals surface area contributed by atoms with Gasteiger partial charge in [0.2, 0.25) is 11.2 Å². The number of hydrogen-bond donors (Lipinski definition) is 1. The number of aromatic hydroxyl groups is 1. The van der Waals surface area contributed by atoms with Crippen molar-refractivity contribution in [3.05, 3.63) is 63.0 Å². The molecule has 1 fully saturated rings. The number of hydrogen-bond acceptors (Lipinski definition) is 6. The number of carbonyl (C=O) groups is 1. The standard InChI is InChI=1S/C25H23ClF3NO5/c1-2-34-24(33)15-9-11-30(12-10-15)13-18-19(31)8-7-17-21(32)20(14-3-5-16(26)6-4-14)23(25(27,28)29)35-22(17)18/h3-8,15,31H,2,9-13H2,1H3. The number of piperidine rings is 1. The molecule has 0 saturated carbocycles. The zero-order valence-corrected chi connectivity index (χ0v) is 19.6. The van der Waals surface area contributed by atoms with E-state index in [4.69, 9.17) is 20.8 Å². The Bertz CT molecular complexity index is 1300. The molecule has 0 aliphatic carbocycles. The number of esters is 1. The lowest BCUT2D eigenvalue weighted by atomic mass is 9.96. The van der Waals surface area contributed by atoms with Gasteiger partial charge < -0.3 is 14.3 Å². The average molecular weight is 510 g/mol. The molecular formula is C25H23ClF3NO5. The molecule has 0 spiro atoms. The normalized spacial score (nSPS) is 15.5. The van der Waals surface area contributed by atoms with Crippen molar-refractivity contribution in [2.75, 3.05) is 19.7 Å². The van der Waals surface area contributed by atoms with E-state index >= 15 is 0 Å². The van der Waals surface area contributed by atoms with Crippen molar-refractivity contribution in [3.63, 3.8) is 0 Å². The van der Waals surface area contributed by atoms with Crippen molar-refractivity contribution in [2.45, 2.75) is 32.5 Å². The second-order valence-corrected chi connectivity index (χ2v) is 8.82. The minimum atomic E-state index is -4.96. The Balaban J connectivity index is 1.75. The van der Waals surface area contributed by atoms with Crippen LogP contribution in [-0.4, -0.2) is 35.7 Å². The maximum absolute atomic E-state index is 14.0. The van der Waals surface area contributed by atoms with Crippen molar-refractivity contribution in [3.8, 4) is 16.9 Å². The number of rotatable bonds is 5. The van der Waals surface area contributed by atoms with Crippen molar-refractivity contribution < 1.29 is 32.2 Å². The molecule has 0 bridgehead atoms. The zero-order valence-electron chi connectivity index (χ0n) is 18.8. The highest BCUT2D eigenvalue weighted by Gasteiger charge is 2.40. The van der Waals surface area contributed by atoms with Gasteiger partial charge in [0.15, 0.2) is 0 Å². The summed E-state index contributed by atoms with van der Waals surface area (Å²) in [7, 11) is 0. The van der Waals surface area contributed by atoms with E-state index < -0.39 is 22.9 Å². The van der Waals surface area contributed by atoms with E-state index in [1.54, 1.807) is 6.92 Å². The largest absolute Gasteiger partial charge is 0.507 e. The van der Waals surface area contributed by atoms with E-state index in [9.17, 15) is 27.9 Å². The van der Waals surface area contributed by atoms with E-state index in [1.165, 1.54) is 36.4 Å². The summed E-state index contributed by atoms with van der Waals surface area (Å²) in [6, 6.07) is 7.96. The number of benzene rings is 2. The molecule has 1 saturated heterocycles. The highest BCUT2D eigenvalue weighted by atomic mass is 35.5. The van der Waals surface area contributed by atoms with Crippen LogP contribution in [-0.2, 0) is 22.3 Å². The first kappa shape index (κ1) is 25.1. The van der Waals surface area contributed by atoms with Crippen molar-refractivity contribution in [1.82, 2.24) is 4.90 Å². The minimum Gasteiger partial charge on any atom is -0.507 e. The van der Waals surface area contributed by atoms with Gasteiger partial charge in [0.1, 0.15) is 11.3 Å². The van der Waals surface area contributed by atoms with Crippen LogP contribution in [0.25, 0.3) is 22.1 Å². The number of nitrogens with zero attached hydrogens (tertiary/aromatic N) is 1. The van der Waals surface area contributed by atoms with Gasteiger partial charge in [-0.25, -0.2) is 0 Å². The van der Waals surface area contributed by atoms with Gasteiger partial charge in [-0.3, -0.25) is 14.5 Å². The SMILES string of the molecule is CCOC(=O)C1CCN(Cc2c(O)ccc3c(=O)c(-c4ccc(Cl)cc4)c(C(F)(F)F)oc23)CC1. The van der Waals surface area contributed by atoms with E-state index in [0.29, 0.717) is 37.6 Å². The van der Waals surface area contributed by atoms with Gasteiger partial charge >= 0.3 is 12.1 Å². The molecule has 0 radical (unpaired) electrons. The van der Waals surface area contributed by atoms with Crippen LogP contribution in [0.15, 0.2) is 45.6 Å². The summed E-state index contributed by atoms with van der Waals surface area (Å²) >= 11 is 5.85. The van der Waals surface area contributed by atoms with Gasteiger partial charge in [-0.15, -0.1) is 0 Å². The summed E-state index contributed by atoms with van der Waals surface area (Å²) in [6.07, 6.45) is -3.92. The molecule has 1 aliphatic heterocycles. The Kier molecular flexibility index (Phi) is 7.10. The number of phenols is 1. The van der Waals surface area contributed by atoms with Gasteiger partial charge in [-0.05, 0) is 62.7 Å². The highest BCUT2D eigenvalue weighted by molar-refractivity contribution is 6.30. The quantitative estimate of drug-likeness (QED) is 0.450. The molecule has 6 nitrogen and oxygen atoms in total. The lowest BCUT2D eigenvalue weighted by Crippen LogP contribution is -2.36. The van der Waals surface area contributed by atoms with Gasteiger partial charge in [0.25, 0.3) is 0 Å². The molecule has 1 aliphatic rings. The Morgan fingerprint density at radius 2 is 1.83 bits per heavy atom. The first-order valence-electron chi connectivity index (χ1n) is 11.1. The van der Waals surface area contributed by atoms with E-state index in [1.807, 2.05) is 4.90 Å². The van der Waals surface area contributed by atoms with E-state index in [-0.39, 0.29) is 46.3 Å². The van der Waals surface area contributed by atoms with Crippen molar-refractivity contribution in [2.24, 2.45) is 5.92 Å². The van der Waals surface area contributed by atoms with Crippen LogP contribution in [0.3, 0.4) is 0 Å². The van der Waals surface area contributed by atoms with Gasteiger partial charge in [0.05, 0.1) is 29.0 Å². The van der Waals surface area contributed by atoms with Gasteiger partial charge in [0, 0.05) is 11.6 Å². The predicted octanol–water partition coefficient (Wildman–Crippen LogP) is 5.61. The predicted molar refractivity (Wildman–Crippen MR) is 124 cm³/mol. The second kappa shape index (κ2) is 9.91. The molecule has 0 unspecified atom stereocenters. The molecule has 3 aromatic rings. The number of likely N-dealkylation sites (tertiary alicyclic amines) is 1. The maximum Gasteiger partial charge on any atom is 0.450 e. The first-order chi connectivity index (χ1) is 16.6. The summed E-state index contributed by atoms with van der Waals surface area (Å²) in [5.74, 6) is -2.23. The molecule has 0 amide bonds. The third-order valence-electron chi connectivity index (χ3n) is 6.12. The third kappa shape index (κ3) is 5.16. The van der Waals surface area contributed by atoms with Gasteiger partial charge in [-0.1, -0.05) is 23.7 Å². The monoisotopic (exact) mass is 509 g/mol. The van der Waals surface area contributed by atoms with Gasteiger partial charge in [-0.2, -0.15) is 13.2 Å². The third-order valence-corrected chi connectivity index (χ3v) is 6.37. The topological polar surface area (TPSA) is 80.0 Å². The van der Waals surface area contributed by atoms with Crippen LogP contribution in [0.2, 0.25) is 5.02 Å². The lowest BCUT2D eigenvalue weighted by Gasteiger charge is -2.31. The summed E-state index contributed by atoms with van der Waals surface area (Å²) in [5.41, 5.74) is -1.68. The molecular weight excluding hydrogens is 487 g/mol. The fourth-order valence-corrected chi connectivity index (χ4v) is 4.47. The molecule has 4 rings (SSSR count). The Hall–Kier alpha value is -3.04. The number of halogens is 4. The Morgan fingerprint density at radius 3 is 2.43 bits per heavy atom. The highest BCUT2D eigenvalue weighted by Crippen LogP contribution is 2.39. The summed E-state index contributed by atoms with van der Waals surface area (Å²) in [4.78, 5) is 27.2. The molecule has 35 heavy (non-hydrogen) atoms. The summed E-state index contributed by atoms with van der Waals surface area (Å²) in [6.45, 7) is 3.02. The van der Waals surface area contributed by atoms with Crippen LogP contribution in [0.4, 0.5) is 13.2 Å². The van der Waals surface area contributed by atoms with Crippen molar-refractivity contribution in [1.29, 1.82) is 0 Å². The number of carbonyl (C=O) groups excluding carboxylic acids is 1. The van der Waals surface area contributed by atoms with E-state index in [0.717, 1.165) is 0 Å². The summed E-state index contributed by atoms with van der Waals surface area (Å²) in [5, 5.41) is 10.7. The lowest BCUT2D eigenvalue weighted by molar-refractivity contribution is -0.152. The molecule has 2 aromatic carbocycles. The number of alkyl halides is 3. The first-order valence-corrected chi connectivity index (χ1v) is 11.5. The van der Waals surface area contributed by atoms with Crippen LogP contribution in [0.1, 0.15) is 31.1 Å². The van der Waals surface area contributed by atoms with Crippen molar-refractivity contribution >= 4 is 28.5 Å². The van der Waals surface area contributed by atoms with Crippen LogP contribution >= 0.6 is 11.6 Å². The molecule has 2 heterocycles. The zero-order chi connectivity index (χ0) is 25.3. The van der Waals surface area contributed by atoms with Crippen LogP contribution in [0.5, 0.6) is 5.75 Å². The molecule has 186 valence electrons. The van der Waals surface area contributed by atoms with E-state index in [2.05, 4.69) is 0 Å². The molecule has 1 N–H and O–H groups in total. The van der Waals surface area contributed by atoms with Crippen LogP contribution in [0, 0.1) is 5.92 Å². The number of ether oxygens (including phenoxy) is 1. The molecule has 10 heteroatoms. The second-order valence-electron chi connectivity index (χ2n) is 8.38. The number of fused-ring (bicyclic) bond motifs is 1. The minimum absolute atomic E-state index is 0.0213. The molecule has 1 aromatic heterocycles. The number of phenolic OH excluding ortho intramolecular Hbond substituents is 1.